The molecule has 0 amide bonds. The standard InChI is InChI=1S/C22H26FNO/c1-6-8-18(21-13-16(4)20(24-21)9-7-2)12-15(3)17-10-11-22(25-5)19(23)14-17/h6,8,10-14,24H,3,7,9H2,1-2,4-5H3/b8-6-,18-12+. The Kier molecular flexibility index (Phi) is 6.40. The van der Waals surface area contributed by atoms with Gasteiger partial charge in [0.25, 0.3) is 0 Å². The van der Waals surface area contributed by atoms with Gasteiger partial charge in [-0.15, -0.1) is 0 Å². The number of benzene rings is 1. The average Bonchev–Trinajstić information content (AvgIpc) is 2.95. The number of ether oxygens (including phenoxy) is 1. The zero-order valence-electron chi connectivity index (χ0n) is 15.4. The topological polar surface area (TPSA) is 25.0 Å². The molecule has 1 aromatic heterocycles. The average molecular weight is 339 g/mol. The number of allylic oxidation sites excluding steroid dienone is 5. The fraction of sp³-hybridized carbons (Fsp3) is 0.273. The lowest BCUT2D eigenvalue weighted by atomic mass is 10.0. The fourth-order valence-electron chi connectivity index (χ4n) is 2.80. The van der Waals surface area contributed by atoms with E-state index in [0.717, 1.165) is 35.2 Å². The van der Waals surface area contributed by atoms with E-state index in [1.165, 1.54) is 24.4 Å². The van der Waals surface area contributed by atoms with Crippen molar-refractivity contribution in [1.29, 1.82) is 0 Å². The molecule has 1 aromatic carbocycles. The normalized spacial score (nSPS) is 12.0. The minimum atomic E-state index is -0.386. The van der Waals surface area contributed by atoms with Crippen molar-refractivity contribution in [2.75, 3.05) is 7.11 Å². The third kappa shape index (κ3) is 4.50. The lowest BCUT2D eigenvalue weighted by molar-refractivity contribution is 0.386. The minimum Gasteiger partial charge on any atom is -0.494 e. The van der Waals surface area contributed by atoms with E-state index in [0.29, 0.717) is 0 Å². The molecule has 2 aromatic rings. The highest BCUT2D eigenvalue weighted by Gasteiger charge is 2.09. The molecule has 0 saturated heterocycles. The van der Waals surface area contributed by atoms with Crippen LogP contribution in [0, 0.1) is 12.7 Å². The summed E-state index contributed by atoms with van der Waals surface area (Å²) in [6.45, 7) is 10.4. The third-order valence-corrected chi connectivity index (χ3v) is 4.13. The van der Waals surface area contributed by atoms with E-state index in [4.69, 9.17) is 4.74 Å². The molecule has 0 atom stereocenters. The molecular weight excluding hydrogens is 313 g/mol. The van der Waals surface area contributed by atoms with E-state index in [2.05, 4.69) is 31.5 Å². The number of hydrogen-bond acceptors (Lipinski definition) is 1. The molecule has 3 heteroatoms. The molecular formula is C22H26FNO. The first-order chi connectivity index (χ1) is 12.0. The highest BCUT2D eigenvalue weighted by Crippen LogP contribution is 2.27. The van der Waals surface area contributed by atoms with E-state index in [-0.39, 0.29) is 11.6 Å². The molecule has 0 saturated carbocycles. The van der Waals surface area contributed by atoms with Crippen molar-refractivity contribution in [2.24, 2.45) is 0 Å². The number of aromatic nitrogens is 1. The van der Waals surface area contributed by atoms with Gasteiger partial charge in [0.05, 0.1) is 7.11 Å². The van der Waals surface area contributed by atoms with Gasteiger partial charge in [-0.2, -0.15) is 0 Å². The zero-order chi connectivity index (χ0) is 18.4. The highest BCUT2D eigenvalue weighted by atomic mass is 19.1. The van der Waals surface area contributed by atoms with Crippen molar-refractivity contribution in [3.05, 3.63) is 77.4 Å². The Labute approximate surface area is 149 Å². The van der Waals surface area contributed by atoms with Crippen LogP contribution in [0.3, 0.4) is 0 Å². The van der Waals surface area contributed by atoms with E-state index in [9.17, 15) is 4.39 Å². The van der Waals surface area contributed by atoms with Crippen LogP contribution in [-0.2, 0) is 6.42 Å². The van der Waals surface area contributed by atoms with Gasteiger partial charge in [-0.25, -0.2) is 4.39 Å². The molecule has 1 N–H and O–H groups in total. The second-order valence-electron chi connectivity index (χ2n) is 6.07. The zero-order valence-corrected chi connectivity index (χ0v) is 15.4. The van der Waals surface area contributed by atoms with Crippen LogP contribution in [0.4, 0.5) is 4.39 Å². The van der Waals surface area contributed by atoms with Crippen molar-refractivity contribution in [3.8, 4) is 5.75 Å². The van der Waals surface area contributed by atoms with Crippen LogP contribution >= 0.6 is 0 Å². The molecule has 2 rings (SSSR count). The Morgan fingerprint density at radius 3 is 2.68 bits per heavy atom. The molecule has 0 bridgehead atoms. The summed E-state index contributed by atoms with van der Waals surface area (Å²) in [7, 11) is 1.46. The molecule has 0 spiro atoms. The predicted molar refractivity (Wildman–Crippen MR) is 104 cm³/mol. The summed E-state index contributed by atoms with van der Waals surface area (Å²) in [6.07, 6.45) is 8.12. The number of H-pyrrole nitrogens is 1. The Bertz CT molecular complexity index is 811. The van der Waals surface area contributed by atoms with Gasteiger partial charge < -0.3 is 9.72 Å². The van der Waals surface area contributed by atoms with Crippen LogP contribution in [0.2, 0.25) is 0 Å². The maximum Gasteiger partial charge on any atom is 0.165 e. The van der Waals surface area contributed by atoms with E-state index in [1.807, 2.05) is 31.2 Å². The van der Waals surface area contributed by atoms with Gasteiger partial charge in [-0.3, -0.25) is 0 Å². The van der Waals surface area contributed by atoms with Gasteiger partial charge >= 0.3 is 0 Å². The number of nitrogens with one attached hydrogen (secondary N) is 1. The van der Waals surface area contributed by atoms with Crippen molar-refractivity contribution >= 4 is 11.1 Å². The minimum absolute atomic E-state index is 0.235. The van der Waals surface area contributed by atoms with Crippen LogP contribution in [-0.4, -0.2) is 12.1 Å². The van der Waals surface area contributed by atoms with Crippen LogP contribution in [0.5, 0.6) is 5.75 Å². The van der Waals surface area contributed by atoms with Gasteiger partial charge in [0.15, 0.2) is 11.6 Å². The van der Waals surface area contributed by atoms with Gasteiger partial charge in [-0.05, 0) is 66.8 Å². The molecule has 1 heterocycles. The first-order valence-corrected chi connectivity index (χ1v) is 8.56. The third-order valence-electron chi connectivity index (χ3n) is 4.13. The smallest absolute Gasteiger partial charge is 0.165 e. The number of halogens is 1. The first kappa shape index (κ1) is 18.8. The molecule has 0 aliphatic rings. The summed E-state index contributed by atoms with van der Waals surface area (Å²) in [5, 5.41) is 0. The molecule has 0 aliphatic heterocycles. The summed E-state index contributed by atoms with van der Waals surface area (Å²) in [5.74, 6) is -0.151. The summed E-state index contributed by atoms with van der Waals surface area (Å²) in [4.78, 5) is 3.50. The Hall–Kier alpha value is -2.55. The van der Waals surface area contributed by atoms with E-state index < -0.39 is 0 Å². The Balaban J connectivity index is 2.37. The van der Waals surface area contributed by atoms with Crippen molar-refractivity contribution in [1.82, 2.24) is 4.98 Å². The number of aryl methyl sites for hydroxylation is 2. The Morgan fingerprint density at radius 1 is 1.32 bits per heavy atom. The second kappa shape index (κ2) is 8.52. The van der Waals surface area contributed by atoms with Crippen LogP contribution in [0.1, 0.15) is 42.8 Å². The maximum atomic E-state index is 14.0. The van der Waals surface area contributed by atoms with Gasteiger partial charge in [0, 0.05) is 11.4 Å². The van der Waals surface area contributed by atoms with Gasteiger partial charge in [0.2, 0.25) is 0 Å². The summed E-state index contributed by atoms with van der Waals surface area (Å²) in [5.41, 5.74) is 6.07. The lowest BCUT2D eigenvalue weighted by Crippen LogP contribution is -1.91. The highest BCUT2D eigenvalue weighted by molar-refractivity contribution is 5.86. The Morgan fingerprint density at radius 2 is 2.08 bits per heavy atom. The second-order valence-corrected chi connectivity index (χ2v) is 6.07. The van der Waals surface area contributed by atoms with Gasteiger partial charge in [0.1, 0.15) is 0 Å². The molecule has 0 fully saturated rings. The predicted octanol–water partition coefficient (Wildman–Crippen LogP) is 6.10. The molecule has 132 valence electrons. The number of hydrogen-bond donors (Lipinski definition) is 1. The first-order valence-electron chi connectivity index (χ1n) is 8.56. The van der Waals surface area contributed by atoms with Crippen molar-refractivity contribution in [2.45, 2.75) is 33.6 Å². The van der Waals surface area contributed by atoms with E-state index in [1.54, 1.807) is 6.07 Å². The summed E-state index contributed by atoms with van der Waals surface area (Å²) < 4.78 is 18.9. The van der Waals surface area contributed by atoms with E-state index >= 15 is 0 Å². The summed E-state index contributed by atoms with van der Waals surface area (Å²) in [6, 6.07) is 7.04. The van der Waals surface area contributed by atoms with Crippen molar-refractivity contribution in [3.63, 3.8) is 0 Å². The largest absolute Gasteiger partial charge is 0.494 e. The molecule has 0 radical (unpaired) electrons. The van der Waals surface area contributed by atoms with Crippen LogP contribution in [0.15, 0.2) is 49.1 Å². The SMILES string of the molecule is C=C(/C=C(\C=C/C)c1cc(C)c(CCC)[nH]1)c1ccc(OC)c(F)c1. The number of methoxy groups -OCH3 is 1. The molecule has 25 heavy (non-hydrogen) atoms. The molecule has 2 nitrogen and oxygen atoms in total. The maximum absolute atomic E-state index is 14.0. The summed E-state index contributed by atoms with van der Waals surface area (Å²) >= 11 is 0. The van der Waals surface area contributed by atoms with Crippen molar-refractivity contribution < 1.29 is 9.13 Å². The molecule has 0 unspecified atom stereocenters. The van der Waals surface area contributed by atoms with Crippen LogP contribution in [0.25, 0.3) is 11.1 Å². The van der Waals surface area contributed by atoms with Crippen LogP contribution < -0.4 is 4.74 Å². The van der Waals surface area contributed by atoms with Gasteiger partial charge in [-0.1, -0.05) is 38.1 Å². The lowest BCUT2D eigenvalue weighted by Gasteiger charge is -2.07. The molecule has 0 aliphatic carbocycles. The number of aromatic amines is 1. The fourth-order valence-corrected chi connectivity index (χ4v) is 2.80. The quantitative estimate of drug-likeness (QED) is 0.606. The number of rotatable bonds is 7. The monoisotopic (exact) mass is 339 g/mol.